The van der Waals surface area contributed by atoms with Crippen LogP contribution < -0.4 is 10.6 Å². The summed E-state index contributed by atoms with van der Waals surface area (Å²) in [6.45, 7) is 3.15. The molecule has 34 heavy (non-hydrogen) atoms. The third kappa shape index (κ3) is 5.87. The number of nitrogens with zero attached hydrogens (tertiary/aromatic N) is 2. The zero-order chi connectivity index (χ0) is 23.9. The van der Waals surface area contributed by atoms with Crippen LogP contribution in [-0.4, -0.2) is 60.0 Å². The van der Waals surface area contributed by atoms with E-state index in [0.717, 1.165) is 24.2 Å². The van der Waals surface area contributed by atoms with Crippen LogP contribution in [0.15, 0.2) is 84.9 Å². The molecule has 0 bridgehead atoms. The molecule has 7 heteroatoms. The molecule has 6 nitrogen and oxygen atoms in total. The van der Waals surface area contributed by atoms with Gasteiger partial charge in [0.1, 0.15) is 0 Å². The summed E-state index contributed by atoms with van der Waals surface area (Å²) < 4.78 is 0. The van der Waals surface area contributed by atoms with Crippen molar-refractivity contribution >= 4 is 34.8 Å². The molecule has 3 aromatic rings. The fourth-order valence-corrected chi connectivity index (χ4v) is 4.27. The molecule has 1 aliphatic rings. The standard InChI is InChI=1S/C27H28N4O2S/c1-30-15-17-31(18-16-30)26(33)22-13-8-14-23(19-22)28-27(34)29-25(32)24(20-9-4-2-5-10-20)21-11-6-3-7-12-21/h2-14,19,24H,15-18H2,1H3,(H2,28,29,32,34). The Balaban J connectivity index is 1.44. The minimum absolute atomic E-state index is 0.0000711. The van der Waals surface area contributed by atoms with E-state index in [4.69, 9.17) is 12.2 Å². The lowest BCUT2D eigenvalue weighted by Gasteiger charge is -2.32. The van der Waals surface area contributed by atoms with E-state index in [1.54, 1.807) is 12.1 Å². The second-order valence-electron chi connectivity index (χ2n) is 8.37. The number of rotatable bonds is 5. The lowest BCUT2D eigenvalue weighted by molar-refractivity contribution is -0.120. The molecule has 0 aliphatic carbocycles. The van der Waals surface area contributed by atoms with Crippen LogP contribution in [0, 0.1) is 0 Å². The van der Waals surface area contributed by atoms with E-state index in [0.29, 0.717) is 24.3 Å². The van der Waals surface area contributed by atoms with Gasteiger partial charge in [-0.1, -0.05) is 66.7 Å². The number of amides is 2. The quantitative estimate of drug-likeness (QED) is 0.554. The summed E-state index contributed by atoms with van der Waals surface area (Å²) in [4.78, 5) is 30.2. The number of benzene rings is 3. The van der Waals surface area contributed by atoms with Crippen molar-refractivity contribution in [3.63, 3.8) is 0 Å². The smallest absolute Gasteiger partial charge is 0.254 e. The van der Waals surface area contributed by atoms with Gasteiger partial charge in [-0.25, -0.2) is 0 Å². The van der Waals surface area contributed by atoms with Crippen molar-refractivity contribution < 1.29 is 9.59 Å². The average Bonchev–Trinajstić information content (AvgIpc) is 2.85. The summed E-state index contributed by atoms with van der Waals surface area (Å²) in [7, 11) is 2.06. The van der Waals surface area contributed by atoms with E-state index >= 15 is 0 Å². The van der Waals surface area contributed by atoms with E-state index < -0.39 is 5.92 Å². The van der Waals surface area contributed by atoms with Gasteiger partial charge < -0.3 is 20.4 Å². The van der Waals surface area contributed by atoms with E-state index in [1.807, 2.05) is 77.7 Å². The minimum Gasteiger partial charge on any atom is -0.336 e. The van der Waals surface area contributed by atoms with Gasteiger partial charge >= 0.3 is 0 Å². The predicted octanol–water partition coefficient (Wildman–Crippen LogP) is 3.72. The normalized spacial score (nSPS) is 14.0. The van der Waals surface area contributed by atoms with Gasteiger partial charge in [-0.05, 0) is 48.6 Å². The molecule has 0 aromatic heterocycles. The Kier molecular flexibility index (Phi) is 7.67. The van der Waals surface area contributed by atoms with Gasteiger partial charge in [0, 0.05) is 37.4 Å². The topological polar surface area (TPSA) is 64.7 Å². The van der Waals surface area contributed by atoms with Crippen LogP contribution in [-0.2, 0) is 4.79 Å². The van der Waals surface area contributed by atoms with Crippen LogP contribution in [0.2, 0.25) is 0 Å². The molecular weight excluding hydrogens is 444 g/mol. The van der Waals surface area contributed by atoms with Crippen molar-refractivity contribution in [3.05, 3.63) is 102 Å². The van der Waals surface area contributed by atoms with Gasteiger partial charge in [-0.2, -0.15) is 0 Å². The minimum atomic E-state index is -0.493. The number of hydrogen-bond donors (Lipinski definition) is 2. The molecule has 1 heterocycles. The molecule has 0 spiro atoms. The average molecular weight is 473 g/mol. The van der Waals surface area contributed by atoms with Gasteiger partial charge in [0.2, 0.25) is 5.91 Å². The molecule has 1 saturated heterocycles. The van der Waals surface area contributed by atoms with Crippen molar-refractivity contribution in [2.24, 2.45) is 0 Å². The molecule has 1 fully saturated rings. The molecule has 0 saturated carbocycles. The van der Waals surface area contributed by atoms with Crippen LogP contribution in [0.3, 0.4) is 0 Å². The molecule has 2 amide bonds. The molecule has 0 radical (unpaired) electrons. The van der Waals surface area contributed by atoms with E-state index in [9.17, 15) is 9.59 Å². The number of nitrogens with one attached hydrogen (secondary N) is 2. The van der Waals surface area contributed by atoms with Crippen molar-refractivity contribution in [3.8, 4) is 0 Å². The Morgan fingerprint density at radius 3 is 2.00 bits per heavy atom. The van der Waals surface area contributed by atoms with Crippen molar-refractivity contribution in [2.75, 3.05) is 38.5 Å². The highest BCUT2D eigenvalue weighted by Gasteiger charge is 2.24. The second kappa shape index (κ2) is 11.0. The largest absolute Gasteiger partial charge is 0.336 e. The van der Waals surface area contributed by atoms with Gasteiger partial charge in [0.15, 0.2) is 5.11 Å². The second-order valence-corrected chi connectivity index (χ2v) is 8.78. The molecule has 3 aromatic carbocycles. The van der Waals surface area contributed by atoms with E-state index in [-0.39, 0.29) is 16.9 Å². The highest BCUT2D eigenvalue weighted by molar-refractivity contribution is 7.80. The number of anilines is 1. The first kappa shape index (κ1) is 23.6. The van der Waals surface area contributed by atoms with Crippen LogP contribution in [0.25, 0.3) is 0 Å². The summed E-state index contributed by atoms with van der Waals surface area (Å²) in [5, 5.41) is 6.07. The molecule has 1 aliphatic heterocycles. The van der Waals surface area contributed by atoms with Gasteiger partial charge in [0.05, 0.1) is 5.92 Å². The number of likely N-dealkylation sites (N-methyl/N-ethyl adjacent to an activating group) is 1. The van der Waals surface area contributed by atoms with Crippen LogP contribution in [0.4, 0.5) is 5.69 Å². The Labute approximate surface area is 205 Å². The monoisotopic (exact) mass is 472 g/mol. The Bertz CT molecular complexity index is 1110. The number of hydrogen-bond acceptors (Lipinski definition) is 4. The summed E-state index contributed by atoms with van der Waals surface area (Å²) >= 11 is 5.43. The number of thiocarbonyl (C=S) groups is 1. The summed E-state index contributed by atoms with van der Waals surface area (Å²) in [6.07, 6.45) is 0. The van der Waals surface area contributed by atoms with Crippen LogP contribution in [0.5, 0.6) is 0 Å². The van der Waals surface area contributed by atoms with Crippen molar-refractivity contribution in [1.29, 1.82) is 0 Å². The van der Waals surface area contributed by atoms with Crippen LogP contribution >= 0.6 is 12.2 Å². The highest BCUT2D eigenvalue weighted by Crippen LogP contribution is 2.25. The first-order chi connectivity index (χ1) is 16.5. The first-order valence-corrected chi connectivity index (χ1v) is 11.7. The van der Waals surface area contributed by atoms with Gasteiger partial charge in [-0.15, -0.1) is 0 Å². The van der Waals surface area contributed by atoms with Gasteiger partial charge in [0.25, 0.3) is 5.91 Å². The summed E-state index contributed by atoms with van der Waals surface area (Å²) in [5.74, 6) is -0.716. The fraction of sp³-hybridized carbons (Fsp3) is 0.222. The molecular formula is C27H28N4O2S. The Morgan fingerprint density at radius 2 is 1.41 bits per heavy atom. The predicted molar refractivity (Wildman–Crippen MR) is 139 cm³/mol. The Morgan fingerprint density at radius 1 is 0.824 bits per heavy atom. The molecule has 174 valence electrons. The fourth-order valence-electron chi connectivity index (χ4n) is 4.05. The lowest BCUT2D eigenvalue weighted by Crippen LogP contribution is -2.47. The molecule has 0 unspecified atom stereocenters. The van der Waals surface area contributed by atoms with Crippen molar-refractivity contribution in [1.82, 2.24) is 15.1 Å². The Hall–Kier alpha value is -3.55. The number of carbonyl (C=O) groups excluding carboxylic acids is 2. The van der Waals surface area contributed by atoms with Gasteiger partial charge in [-0.3, -0.25) is 9.59 Å². The van der Waals surface area contributed by atoms with E-state index in [1.165, 1.54) is 0 Å². The molecule has 4 rings (SSSR count). The molecule has 0 atom stereocenters. The van der Waals surface area contributed by atoms with Crippen LogP contribution in [0.1, 0.15) is 27.4 Å². The van der Waals surface area contributed by atoms with Crippen molar-refractivity contribution in [2.45, 2.75) is 5.92 Å². The first-order valence-electron chi connectivity index (χ1n) is 11.3. The maximum absolute atomic E-state index is 13.2. The lowest BCUT2D eigenvalue weighted by atomic mass is 9.90. The highest BCUT2D eigenvalue weighted by atomic mass is 32.1. The summed E-state index contributed by atoms with van der Waals surface area (Å²) in [6, 6.07) is 26.4. The summed E-state index contributed by atoms with van der Waals surface area (Å²) in [5.41, 5.74) is 3.01. The zero-order valence-electron chi connectivity index (χ0n) is 19.1. The zero-order valence-corrected chi connectivity index (χ0v) is 19.9. The van der Waals surface area contributed by atoms with E-state index in [2.05, 4.69) is 22.6 Å². The number of piperazine rings is 1. The maximum Gasteiger partial charge on any atom is 0.254 e. The number of carbonyl (C=O) groups is 2. The maximum atomic E-state index is 13.2. The third-order valence-electron chi connectivity index (χ3n) is 5.92. The third-order valence-corrected chi connectivity index (χ3v) is 6.13. The molecule has 2 N–H and O–H groups in total. The SMILES string of the molecule is CN1CCN(C(=O)c2cccc(NC(=S)NC(=O)C(c3ccccc3)c3ccccc3)c2)CC1.